The summed E-state index contributed by atoms with van der Waals surface area (Å²) in [6.07, 6.45) is 1.96. The molecular weight excluding hydrogens is 450 g/mol. The van der Waals surface area contributed by atoms with Gasteiger partial charge >= 0.3 is 0 Å². The molecule has 3 heteroatoms. The van der Waals surface area contributed by atoms with Crippen LogP contribution in [0, 0.1) is 6.92 Å². The van der Waals surface area contributed by atoms with Gasteiger partial charge in [0, 0.05) is 39.1 Å². The summed E-state index contributed by atoms with van der Waals surface area (Å²) in [5.41, 5.74) is 9.37. The van der Waals surface area contributed by atoms with Crippen LogP contribution < -0.4 is 0 Å². The highest BCUT2D eigenvalue weighted by Gasteiger charge is 2.14. The predicted octanol–water partition coefficient (Wildman–Crippen LogP) is 8.71. The Morgan fingerprint density at radius 2 is 1.14 bits per heavy atom. The topological polar surface area (TPSA) is 22.2 Å². The molecule has 0 saturated carbocycles. The van der Waals surface area contributed by atoms with E-state index in [9.17, 15) is 0 Å². The van der Waals surface area contributed by atoms with Gasteiger partial charge in [0.25, 0.3) is 0 Å². The van der Waals surface area contributed by atoms with Crippen LogP contribution in [-0.4, -0.2) is 14.0 Å². The van der Waals surface area contributed by atoms with Crippen molar-refractivity contribution in [3.05, 3.63) is 127 Å². The maximum atomic E-state index is 4.76. The van der Waals surface area contributed by atoms with Gasteiger partial charge in [0.05, 0.1) is 16.6 Å². The second kappa shape index (κ2) is 7.55. The monoisotopic (exact) mass is 473 g/mol. The van der Waals surface area contributed by atoms with Crippen LogP contribution in [-0.2, 0) is 0 Å². The van der Waals surface area contributed by atoms with Crippen LogP contribution in [0.2, 0.25) is 0 Å². The van der Waals surface area contributed by atoms with E-state index in [1.807, 2.05) is 6.20 Å². The Labute approximate surface area is 213 Å². The Morgan fingerprint density at radius 3 is 1.86 bits per heavy atom. The minimum absolute atomic E-state index is 1.01. The van der Waals surface area contributed by atoms with Crippen LogP contribution in [0.4, 0.5) is 0 Å². The van der Waals surface area contributed by atoms with Crippen molar-refractivity contribution in [2.45, 2.75) is 6.92 Å². The molecule has 3 heterocycles. The zero-order chi connectivity index (χ0) is 24.5. The summed E-state index contributed by atoms with van der Waals surface area (Å²) in [5.74, 6) is 0. The molecule has 0 saturated heterocycles. The molecule has 0 bridgehead atoms. The first-order chi connectivity index (χ1) is 18.3. The molecule has 0 atom stereocenters. The molecule has 174 valence electrons. The van der Waals surface area contributed by atoms with Crippen LogP contribution >= 0.6 is 0 Å². The Kier molecular flexibility index (Phi) is 4.15. The van der Waals surface area contributed by atoms with Crippen molar-refractivity contribution in [3.8, 4) is 16.8 Å². The predicted molar refractivity (Wildman–Crippen MR) is 155 cm³/mol. The lowest BCUT2D eigenvalue weighted by Crippen LogP contribution is -1.95. The Morgan fingerprint density at radius 1 is 0.514 bits per heavy atom. The average molecular weight is 474 g/mol. The first-order valence-corrected chi connectivity index (χ1v) is 12.7. The second-order valence-electron chi connectivity index (χ2n) is 9.76. The summed E-state index contributed by atoms with van der Waals surface area (Å²) in [6.45, 7) is 2.12. The van der Waals surface area contributed by atoms with E-state index in [1.54, 1.807) is 0 Å². The van der Waals surface area contributed by atoms with Gasteiger partial charge in [-0.2, -0.15) is 0 Å². The van der Waals surface area contributed by atoms with Crippen molar-refractivity contribution < 1.29 is 0 Å². The molecule has 3 nitrogen and oxygen atoms in total. The molecule has 0 spiro atoms. The molecule has 0 aliphatic heterocycles. The third-order valence-corrected chi connectivity index (χ3v) is 7.65. The minimum Gasteiger partial charge on any atom is -0.309 e. The number of aryl methyl sites for hydroxylation is 1. The number of hydrogen-bond acceptors (Lipinski definition) is 1. The zero-order valence-corrected chi connectivity index (χ0v) is 20.4. The maximum Gasteiger partial charge on any atom is 0.145 e. The lowest BCUT2D eigenvalue weighted by molar-refractivity contribution is 1.17. The van der Waals surface area contributed by atoms with E-state index in [4.69, 9.17) is 4.98 Å². The van der Waals surface area contributed by atoms with Crippen molar-refractivity contribution in [1.82, 2.24) is 14.0 Å². The molecule has 8 aromatic rings. The van der Waals surface area contributed by atoms with E-state index >= 15 is 0 Å². The van der Waals surface area contributed by atoms with E-state index in [1.165, 1.54) is 60.3 Å². The second-order valence-corrected chi connectivity index (χ2v) is 9.76. The fraction of sp³-hybridized carbons (Fsp3) is 0.0294. The van der Waals surface area contributed by atoms with Gasteiger partial charge in [-0.25, -0.2) is 4.98 Å². The lowest BCUT2D eigenvalue weighted by atomic mass is 9.98. The van der Waals surface area contributed by atoms with Crippen molar-refractivity contribution >= 4 is 49.1 Å². The fourth-order valence-corrected chi connectivity index (χ4v) is 5.99. The van der Waals surface area contributed by atoms with Crippen LogP contribution in [0.1, 0.15) is 5.69 Å². The number of hydrogen-bond donors (Lipinski definition) is 0. The summed E-state index contributed by atoms with van der Waals surface area (Å²) in [4.78, 5) is 4.76. The smallest absolute Gasteiger partial charge is 0.145 e. The van der Waals surface area contributed by atoms with Crippen LogP contribution in [0.15, 0.2) is 121 Å². The van der Waals surface area contributed by atoms with E-state index < -0.39 is 0 Å². The largest absolute Gasteiger partial charge is 0.309 e. The van der Waals surface area contributed by atoms with Gasteiger partial charge in [0.15, 0.2) is 0 Å². The minimum atomic E-state index is 1.01. The van der Waals surface area contributed by atoms with Crippen LogP contribution in [0.3, 0.4) is 0 Å². The molecule has 37 heavy (non-hydrogen) atoms. The van der Waals surface area contributed by atoms with E-state index in [0.717, 1.165) is 11.3 Å². The number of fused-ring (bicyclic) bond motifs is 9. The highest BCUT2D eigenvalue weighted by atomic mass is 15.0. The molecule has 8 rings (SSSR count). The molecule has 0 amide bonds. The first-order valence-electron chi connectivity index (χ1n) is 12.7. The zero-order valence-electron chi connectivity index (χ0n) is 20.4. The average Bonchev–Trinajstić information content (AvgIpc) is 3.51. The van der Waals surface area contributed by atoms with Crippen molar-refractivity contribution in [1.29, 1.82) is 0 Å². The number of pyridine rings is 1. The molecule has 0 radical (unpaired) electrons. The van der Waals surface area contributed by atoms with Crippen LogP contribution in [0.25, 0.3) is 65.9 Å². The highest BCUT2D eigenvalue weighted by Crippen LogP contribution is 2.36. The molecule has 0 fully saturated rings. The number of nitrogens with zero attached hydrogens (tertiary/aromatic N) is 3. The number of aromatic nitrogens is 3. The van der Waals surface area contributed by atoms with Gasteiger partial charge in [0.1, 0.15) is 5.65 Å². The third kappa shape index (κ3) is 2.85. The standard InChI is InChI=1S/C34H23N3/c1-22-21-35-34-29-18-17-24(20-30(29)28-13-4-5-14-31(28)36(22)34)23-9-8-10-25(19-23)37-32-15-6-2-11-26(32)27-12-3-7-16-33(27)37/h2-21H,1H3. The molecule has 0 N–H and O–H groups in total. The SMILES string of the molecule is Cc1cnc2c3ccc(-c4cccc(-n5c6ccccc6c6ccccc65)c4)cc3c3ccccc3n12. The Hall–Kier alpha value is -4.89. The number of para-hydroxylation sites is 3. The molecule has 0 aliphatic rings. The number of rotatable bonds is 2. The summed E-state index contributed by atoms with van der Waals surface area (Å²) in [6, 6.07) is 41.6. The Bertz CT molecular complexity index is 2110. The van der Waals surface area contributed by atoms with Gasteiger partial charge in [0.2, 0.25) is 0 Å². The summed E-state index contributed by atoms with van der Waals surface area (Å²) in [7, 11) is 0. The molecule has 5 aromatic carbocycles. The highest BCUT2D eigenvalue weighted by molar-refractivity contribution is 6.13. The molecule has 0 unspecified atom stereocenters. The molecule has 3 aromatic heterocycles. The fourth-order valence-electron chi connectivity index (χ4n) is 5.99. The normalized spacial score (nSPS) is 11.9. The Balaban J connectivity index is 1.38. The summed E-state index contributed by atoms with van der Waals surface area (Å²) >= 11 is 0. The first kappa shape index (κ1) is 20.3. The maximum absolute atomic E-state index is 4.76. The summed E-state index contributed by atoms with van der Waals surface area (Å²) < 4.78 is 4.64. The van der Waals surface area contributed by atoms with Gasteiger partial charge < -0.3 is 4.57 Å². The van der Waals surface area contributed by atoms with Gasteiger partial charge in [-0.15, -0.1) is 0 Å². The van der Waals surface area contributed by atoms with E-state index in [-0.39, 0.29) is 0 Å². The number of benzene rings is 5. The van der Waals surface area contributed by atoms with Gasteiger partial charge in [-0.3, -0.25) is 4.40 Å². The van der Waals surface area contributed by atoms with E-state index in [0.29, 0.717) is 0 Å². The van der Waals surface area contributed by atoms with Crippen molar-refractivity contribution in [3.63, 3.8) is 0 Å². The van der Waals surface area contributed by atoms with Crippen molar-refractivity contribution in [2.75, 3.05) is 0 Å². The van der Waals surface area contributed by atoms with Gasteiger partial charge in [-0.05, 0) is 65.9 Å². The third-order valence-electron chi connectivity index (χ3n) is 7.65. The lowest BCUT2D eigenvalue weighted by Gasteiger charge is -2.13. The van der Waals surface area contributed by atoms with E-state index in [2.05, 4.69) is 131 Å². The molecule has 0 aliphatic carbocycles. The summed E-state index contributed by atoms with van der Waals surface area (Å²) in [5, 5.41) is 6.20. The van der Waals surface area contributed by atoms with Crippen LogP contribution in [0.5, 0.6) is 0 Å². The number of imidazole rings is 1. The quantitative estimate of drug-likeness (QED) is 0.230. The van der Waals surface area contributed by atoms with Crippen molar-refractivity contribution in [2.24, 2.45) is 0 Å². The van der Waals surface area contributed by atoms with Gasteiger partial charge in [-0.1, -0.05) is 72.8 Å². The molecular formula is C34H23N3.